The van der Waals surface area contributed by atoms with Crippen molar-refractivity contribution in [3.05, 3.63) is 65.0 Å². The Morgan fingerprint density at radius 1 is 1.19 bits per heavy atom. The monoisotopic (exact) mass is 475 g/mol. The number of piperidine rings is 1. The van der Waals surface area contributed by atoms with Crippen LogP contribution < -0.4 is 0 Å². The van der Waals surface area contributed by atoms with E-state index in [0.717, 1.165) is 19.3 Å². The molecule has 4 rings (SSSR count). The molecule has 0 saturated carbocycles. The van der Waals surface area contributed by atoms with Crippen molar-refractivity contribution in [2.75, 3.05) is 6.54 Å². The van der Waals surface area contributed by atoms with Crippen molar-refractivity contribution in [1.29, 1.82) is 0 Å². The van der Waals surface area contributed by atoms with Gasteiger partial charge in [-0.3, -0.25) is 0 Å². The third-order valence-electron chi connectivity index (χ3n) is 5.30. The molecule has 2 heterocycles. The summed E-state index contributed by atoms with van der Waals surface area (Å²) in [6.07, 6.45) is 2.66. The molecule has 1 unspecified atom stereocenters. The van der Waals surface area contributed by atoms with E-state index in [-0.39, 0.29) is 34.9 Å². The largest absolute Gasteiger partial charge is 0.452 e. The highest BCUT2D eigenvalue weighted by Gasteiger charge is 2.31. The number of carbonyl (C=O) groups excluding carboxylic acids is 1. The SMILES string of the molecule is CC1CCCCN1S(=O)(=O)c1cccc(C(=O)OCc2nnc(-c3ccc(Cl)cc3)o2)c1. The number of halogens is 1. The molecule has 0 radical (unpaired) electrons. The number of benzene rings is 2. The van der Waals surface area contributed by atoms with Crippen LogP contribution in [0.1, 0.15) is 42.4 Å². The van der Waals surface area contributed by atoms with Crippen molar-refractivity contribution in [2.45, 2.75) is 43.7 Å². The molecule has 1 atom stereocenters. The molecular weight excluding hydrogens is 454 g/mol. The minimum Gasteiger partial charge on any atom is -0.452 e. The number of aromatic nitrogens is 2. The van der Waals surface area contributed by atoms with Gasteiger partial charge in [0.15, 0.2) is 6.61 Å². The van der Waals surface area contributed by atoms with Crippen molar-refractivity contribution in [3.63, 3.8) is 0 Å². The first kappa shape index (κ1) is 22.4. The summed E-state index contributed by atoms with van der Waals surface area (Å²) in [7, 11) is -3.69. The van der Waals surface area contributed by atoms with Crippen LogP contribution in [-0.4, -0.2) is 41.5 Å². The summed E-state index contributed by atoms with van der Waals surface area (Å²) in [5.74, 6) is -0.286. The van der Waals surface area contributed by atoms with E-state index in [1.54, 1.807) is 24.3 Å². The minimum absolute atomic E-state index is 0.0725. The highest BCUT2D eigenvalue weighted by atomic mass is 35.5. The van der Waals surface area contributed by atoms with Crippen LogP contribution in [0.5, 0.6) is 0 Å². The van der Waals surface area contributed by atoms with Crippen LogP contribution in [0.3, 0.4) is 0 Å². The second kappa shape index (κ2) is 9.40. The highest BCUT2D eigenvalue weighted by Crippen LogP contribution is 2.26. The molecule has 168 valence electrons. The third kappa shape index (κ3) is 4.85. The Morgan fingerprint density at radius 3 is 2.72 bits per heavy atom. The molecule has 1 saturated heterocycles. The summed E-state index contributed by atoms with van der Waals surface area (Å²) in [6, 6.07) is 12.7. The Bertz CT molecular complexity index is 1210. The first-order valence-electron chi connectivity index (χ1n) is 10.2. The van der Waals surface area contributed by atoms with E-state index in [2.05, 4.69) is 10.2 Å². The molecule has 10 heteroatoms. The standard InChI is InChI=1S/C22H22ClN3O5S/c1-15-5-2-3-12-26(15)32(28,29)19-7-4-6-17(13-19)22(27)30-14-20-24-25-21(31-20)16-8-10-18(23)11-9-16/h4,6-11,13,15H,2-3,5,12,14H2,1H3. The molecule has 3 aromatic rings. The lowest BCUT2D eigenvalue weighted by molar-refractivity contribution is 0.0438. The molecular formula is C22H22ClN3O5S. The molecule has 8 nitrogen and oxygen atoms in total. The van der Waals surface area contributed by atoms with Gasteiger partial charge in [-0.25, -0.2) is 13.2 Å². The van der Waals surface area contributed by atoms with E-state index in [9.17, 15) is 13.2 Å². The summed E-state index contributed by atoms with van der Waals surface area (Å²) in [5, 5.41) is 8.40. The van der Waals surface area contributed by atoms with E-state index in [0.29, 0.717) is 17.1 Å². The van der Waals surface area contributed by atoms with Gasteiger partial charge in [0.05, 0.1) is 10.5 Å². The van der Waals surface area contributed by atoms with E-state index < -0.39 is 16.0 Å². The molecule has 0 N–H and O–H groups in total. The summed E-state index contributed by atoms with van der Waals surface area (Å²) in [4.78, 5) is 12.6. The first-order chi connectivity index (χ1) is 15.3. The second-order valence-electron chi connectivity index (χ2n) is 7.57. The van der Waals surface area contributed by atoms with E-state index in [1.807, 2.05) is 6.92 Å². The van der Waals surface area contributed by atoms with Crippen molar-refractivity contribution in [2.24, 2.45) is 0 Å². The van der Waals surface area contributed by atoms with E-state index >= 15 is 0 Å². The fraction of sp³-hybridized carbons (Fsp3) is 0.318. The normalized spacial score (nSPS) is 17.2. The van der Waals surface area contributed by atoms with Gasteiger partial charge in [-0.15, -0.1) is 10.2 Å². The van der Waals surface area contributed by atoms with E-state index in [4.69, 9.17) is 20.8 Å². The van der Waals surface area contributed by atoms with Gasteiger partial charge >= 0.3 is 5.97 Å². The van der Waals surface area contributed by atoms with Crippen molar-refractivity contribution in [3.8, 4) is 11.5 Å². The average Bonchev–Trinajstić information content (AvgIpc) is 3.27. The number of nitrogens with zero attached hydrogens (tertiary/aromatic N) is 3. The van der Waals surface area contributed by atoms with Gasteiger partial charge in [-0.05, 0) is 62.2 Å². The first-order valence-corrected chi connectivity index (χ1v) is 12.0. The maximum absolute atomic E-state index is 13.0. The van der Waals surface area contributed by atoms with Gasteiger partial charge in [-0.1, -0.05) is 24.1 Å². The molecule has 2 aromatic carbocycles. The highest BCUT2D eigenvalue weighted by molar-refractivity contribution is 7.89. The zero-order valence-corrected chi connectivity index (χ0v) is 19.0. The predicted molar refractivity (Wildman–Crippen MR) is 118 cm³/mol. The van der Waals surface area contributed by atoms with Crippen LogP contribution in [0.15, 0.2) is 57.8 Å². The summed E-state index contributed by atoms with van der Waals surface area (Å²) in [6.45, 7) is 2.14. The minimum atomic E-state index is -3.69. The van der Waals surface area contributed by atoms with Gasteiger partial charge in [-0.2, -0.15) is 4.31 Å². The lowest BCUT2D eigenvalue weighted by atomic mass is 10.1. The molecule has 0 amide bonds. The molecule has 0 spiro atoms. The number of hydrogen-bond donors (Lipinski definition) is 0. The van der Waals surface area contributed by atoms with Gasteiger partial charge in [0.25, 0.3) is 5.89 Å². The predicted octanol–water partition coefficient (Wildman–Crippen LogP) is 4.31. The maximum Gasteiger partial charge on any atom is 0.338 e. The van der Waals surface area contributed by atoms with Gasteiger partial charge < -0.3 is 9.15 Å². The van der Waals surface area contributed by atoms with Crippen LogP contribution in [0, 0.1) is 0 Å². The van der Waals surface area contributed by atoms with Crippen LogP contribution in [-0.2, 0) is 21.4 Å². The topological polar surface area (TPSA) is 103 Å². The number of rotatable bonds is 6. The van der Waals surface area contributed by atoms with Crippen LogP contribution >= 0.6 is 11.6 Å². The lowest BCUT2D eigenvalue weighted by Gasteiger charge is -2.32. The van der Waals surface area contributed by atoms with Crippen LogP contribution in [0.25, 0.3) is 11.5 Å². The number of hydrogen-bond acceptors (Lipinski definition) is 7. The fourth-order valence-electron chi connectivity index (χ4n) is 3.58. The number of carbonyl (C=O) groups is 1. The third-order valence-corrected chi connectivity index (χ3v) is 7.56. The second-order valence-corrected chi connectivity index (χ2v) is 9.90. The van der Waals surface area contributed by atoms with Crippen molar-refractivity contribution >= 4 is 27.6 Å². The molecule has 0 aliphatic carbocycles. The molecule has 1 aromatic heterocycles. The molecule has 1 aliphatic rings. The molecule has 32 heavy (non-hydrogen) atoms. The fourth-order valence-corrected chi connectivity index (χ4v) is 5.45. The Hall–Kier alpha value is -2.75. The maximum atomic E-state index is 13.0. The van der Waals surface area contributed by atoms with Gasteiger partial charge in [0.1, 0.15) is 0 Å². The lowest BCUT2D eigenvalue weighted by Crippen LogP contribution is -2.41. The van der Waals surface area contributed by atoms with Gasteiger partial charge in [0.2, 0.25) is 15.9 Å². The van der Waals surface area contributed by atoms with Crippen LogP contribution in [0.4, 0.5) is 0 Å². The number of ether oxygens (including phenoxy) is 1. The van der Waals surface area contributed by atoms with Crippen molar-refractivity contribution in [1.82, 2.24) is 14.5 Å². The number of esters is 1. The molecule has 1 aliphatic heterocycles. The van der Waals surface area contributed by atoms with E-state index in [1.165, 1.54) is 28.6 Å². The van der Waals surface area contributed by atoms with Crippen LogP contribution in [0.2, 0.25) is 5.02 Å². The quantitative estimate of drug-likeness (QED) is 0.489. The Kier molecular flexibility index (Phi) is 6.59. The smallest absolute Gasteiger partial charge is 0.338 e. The Morgan fingerprint density at radius 2 is 1.97 bits per heavy atom. The zero-order chi connectivity index (χ0) is 22.7. The van der Waals surface area contributed by atoms with Gasteiger partial charge in [0, 0.05) is 23.2 Å². The Balaban J connectivity index is 1.44. The average molecular weight is 476 g/mol. The summed E-state index contributed by atoms with van der Waals surface area (Å²) >= 11 is 5.87. The molecule has 0 bridgehead atoms. The summed E-state index contributed by atoms with van der Waals surface area (Å²) < 4.78 is 38.4. The molecule has 1 fully saturated rings. The zero-order valence-electron chi connectivity index (χ0n) is 17.4. The van der Waals surface area contributed by atoms with Crippen molar-refractivity contribution < 1.29 is 22.4 Å². The number of sulfonamides is 1. The summed E-state index contributed by atoms with van der Waals surface area (Å²) in [5.41, 5.74) is 0.817. The Labute approximate surface area is 191 Å².